The molecule has 0 radical (unpaired) electrons. The van der Waals surface area contributed by atoms with Crippen molar-refractivity contribution in [1.82, 2.24) is 0 Å². The van der Waals surface area contributed by atoms with E-state index in [9.17, 15) is 13.2 Å². The third-order valence-corrected chi connectivity index (χ3v) is 5.22. The lowest BCUT2D eigenvalue weighted by Crippen LogP contribution is -2.17. The first kappa shape index (κ1) is 17.3. The van der Waals surface area contributed by atoms with Crippen LogP contribution in [0.4, 0.5) is 0 Å². The summed E-state index contributed by atoms with van der Waals surface area (Å²) < 4.78 is 30.2. The lowest BCUT2D eigenvalue weighted by Gasteiger charge is -2.10. The van der Waals surface area contributed by atoms with Crippen molar-refractivity contribution >= 4 is 27.4 Å². The zero-order valence-corrected chi connectivity index (χ0v) is 13.8. The van der Waals surface area contributed by atoms with E-state index in [1.165, 1.54) is 55.5 Å². The average molecular weight is 355 g/mol. The number of benzene rings is 2. The van der Waals surface area contributed by atoms with Gasteiger partial charge in [0.2, 0.25) is 9.84 Å². The summed E-state index contributed by atoms with van der Waals surface area (Å²) in [4.78, 5) is 11.0. The van der Waals surface area contributed by atoms with Crippen LogP contribution in [0.1, 0.15) is 6.92 Å². The van der Waals surface area contributed by atoms with Crippen LogP contribution in [-0.2, 0) is 14.6 Å². The van der Waals surface area contributed by atoms with Gasteiger partial charge in [0.05, 0.1) is 15.7 Å². The molecule has 7 heteroatoms. The first-order valence-corrected chi connectivity index (χ1v) is 8.63. The molecule has 0 aliphatic heterocycles. The molecule has 0 spiro atoms. The quantitative estimate of drug-likeness (QED) is 0.861. The van der Waals surface area contributed by atoms with Crippen molar-refractivity contribution in [2.24, 2.45) is 5.92 Å². The molecule has 0 heterocycles. The Balaban J connectivity index is 2.15. The molecule has 23 heavy (non-hydrogen) atoms. The van der Waals surface area contributed by atoms with Crippen LogP contribution in [0.5, 0.6) is 5.75 Å². The molecular weight excluding hydrogens is 340 g/mol. The molecule has 0 amide bonds. The topological polar surface area (TPSA) is 80.7 Å². The van der Waals surface area contributed by atoms with Crippen LogP contribution in [0.25, 0.3) is 0 Å². The van der Waals surface area contributed by atoms with Gasteiger partial charge in [-0.25, -0.2) is 8.42 Å². The highest BCUT2D eigenvalue weighted by atomic mass is 35.5. The van der Waals surface area contributed by atoms with Gasteiger partial charge in [0, 0.05) is 5.02 Å². The van der Waals surface area contributed by atoms with Crippen molar-refractivity contribution in [3.05, 3.63) is 53.6 Å². The highest BCUT2D eigenvalue weighted by Gasteiger charge is 2.18. The smallest absolute Gasteiger partial charge is 0.309 e. The van der Waals surface area contributed by atoms with E-state index in [0.717, 1.165) is 0 Å². The lowest BCUT2D eigenvalue weighted by molar-refractivity contribution is -0.142. The lowest BCUT2D eigenvalue weighted by atomic mass is 10.2. The van der Waals surface area contributed by atoms with Crippen LogP contribution in [0.2, 0.25) is 5.02 Å². The van der Waals surface area contributed by atoms with Crippen LogP contribution in [0.15, 0.2) is 58.3 Å². The second kappa shape index (κ2) is 7.02. The van der Waals surface area contributed by atoms with Gasteiger partial charge in [-0.1, -0.05) is 11.6 Å². The molecule has 0 saturated carbocycles. The van der Waals surface area contributed by atoms with Crippen molar-refractivity contribution in [3.63, 3.8) is 0 Å². The number of hydrogen-bond acceptors (Lipinski definition) is 4. The van der Waals surface area contributed by atoms with Crippen LogP contribution in [0, 0.1) is 5.92 Å². The zero-order chi connectivity index (χ0) is 17.0. The first-order chi connectivity index (χ1) is 10.8. The fourth-order valence-electron chi connectivity index (χ4n) is 1.76. The molecule has 2 aromatic carbocycles. The van der Waals surface area contributed by atoms with E-state index < -0.39 is 21.7 Å². The Morgan fingerprint density at radius 3 is 2.04 bits per heavy atom. The van der Waals surface area contributed by atoms with Crippen molar-refractivity contribution < 1.29 is 23.1 Å². The van der Waals surface area contributed by atoms with E-state index in [1.54, 1.807) is 0 Å². The number of sulfone groups is 1. The molecular formula is C16H15ClO5S. The van der Waals surface area contributed by atoms with E-state index in [2.05, 4.69) is 0 Å². The minimum Gasteiger partial charge on any atom is -0.493 e. The fraction of sp³-hybridized carbons (Fsp3) is 0.188. The van der Waals surface area contributed by atoms with Gasteiger partial charge in [-0.15, -0.1) is 0 Å². The zero-order valence-electron chi connectivity index (χ0n) is 12.3. The molecule has 0 saturated heterocycles. The van der Waals surface area contributed by atoms with E-state index >= 15 is 0 Å². The van der Waals surface area contributed by atoms with Gasteiger partial charge >= 0.3 is 5.97 Å². The standard InChI is InChI=1S/C16H15ClO5S/c1-11(16(18)19)10-22-13-4-8-15(9-5-13)23(20,21)14-6-2-12(17)3-7-14/h2-9,11H,10H2,1H3,(H,18,19). The van der Waals surface area contributed by atoms with Crippen LogP contribution >= 0.6 is 11.6 Å². The third kappa shape index (κ3) is 4.24. The molecule has 1 atom stereocenters. The van der Waals surface area contributed by atoms with Crippen molar-refractivity contribution in [2.75, 3.05) is 6.61 Å². The highest BCUT2D eigenvalue weighted by Crippen LogP contribution is 2.24. The number of carboxylic acids is 1. The molecule has 0 fully saturated rings. The van der Waals surface area contributed by atoms with Crippen LogP contribution in [0.3, 0.4) is 0 Å². The van der Waals surface area contributed by atoms with Gasteiger partial charge in [-0.2, -0.15) is 0 Å². The molecule has 2 aromatic rings. The normalized spacial score (nSPS) is 12.6. The SMILES string of the molecule is CC(COc1ccc(S(=O)(=O)c2ccc(Cl)cc2)cc1)C(=O)O. The number of carbonyl (C=O) groups is 1. The maximum Gasteiger partial charge on any atom is 0.309 e. The summed E-state index contributed by atoms with van der Waals surface area (Å²) in [7, 11) is -3.63. The maximum absolute atomic E-state index is 12.5. The minimum atomic E-state index is -3.63. The summed E-state index contributed by atoms with van der Waals surface area (Å²) in [6, 6.07) is 11.7. The Hall–Kier alpha value is -2.05. The maximum atomic E-state index is 12.5. The Morgan fingerprint density at radius 1 is 1.09 bits per heavy atom. The van der Waals surface area contributed by atoms with Gasteiger partial charge in [0.1, 0.15) is 12.4 Å². The number of aliphatic carboxylic acids is 1. The predicted octanol–water partition coefficient (Wildman–Crippen LogP) is 3.27. The number of carboxylic acid groups (broad SMARTS) is 1. The van der Waals surface area contributed by atoms with E-state index in [4.69, 9.17) is 21.4 Å². The van der Waals surface area contributed by atoms with Gasteiger partial charge < -0.3 is 9.84 Å². The summed E-state index contributed by atoms with van der Waals surface area (Å²) in [5.74, 6) is -1.19. The Bertz CT molecular complexity index is 782. The second-order valence-electron chi connectivity index (χ2n) is 4.98. The molecule has 0 aromatic heterocycles. The molecule has 2 rings (SSSR count). The third-order valence-electron chi connectivity index (χ3n) is 3.18. The van der Waals surface area contributed by atoms with Crippen molar-refractivity contribution in [2.45, 2.75) is 16.7 Å². The molecule has 0 bridgehead atoms. The van der Waals surface area contributed by atoms with E-state index in [-0.39, 0.29) is 16.4 Å². The van der Waals surface area contributed by atoms with E-state index in [0.29, 0.717) is 10.8 Å². The monoisotopic (exact) mass is 354 g/mol. The molecule has 122 valence electrons. The molecule has 0 aliphatic carbocycles. The molecule has 1 unspecified atom stereocenters. The first-order valence-electron chi connectivity index (χ1n) is 6.77. The van der Waals surface area contributed by atoms with Crippen LogP contribution in [-0.4, -0.2) is 26.1 Å². The summed E-state index contributed by atoms with van der Waals surface area (Å²) in [5.41, 5.74) is 0. The van der Waals surface area contributed by atoms with Crippen LogP contribution < -0.4 is 4.74 Å². The summed E-state index contributed by atoms with van der Waals surface area (Å²) >= 11 is 5.76. The number of hydrogen-bond donors (Lipinski definition) is 1. The Kier molecular flexibility index (Phi) is 5.28. The summed E-state index contributed by atoms with van der Waals surface area (Å²) in [6.45, 7) is 1.54. The fourth-order valence-corrected chi connectivity index (χ4v) is 3.14. The van der Waals surface area contributed by atoms with Gasteiger partial charge in [-0.05, 0) is 55.5 Å². The van der Waals surface area contributed by atoms with E-state index in [1.807, 2.05) is 0 Å². The number of rotatable bonds is 6. The molecule has 1 N–H and O–H groups in total. The summed E-state index contributed by atoms with van der Waals surface area (Å²) in [6.07, 6.45) is 0. The van der Waals surface area contributed by atoms with Gasteiger partial charge in [-0.3, -0.25) is 4.79 Å². The molecule has 5 nitrogen and oxygen atoms in total. The van der Waals surface area contributed by atoms with Crippen molar-refractivity contribution in [3.8, 4) is 5.75 Å². The number of ether oxygens (including phenoxy) is 1. The largest absolute Gasteiger partial charge is 0.493 e. The number of halogens is 1. The van der Waals surface area contributed by atoms with Gasteiger partial charge in [0.15, 0.2) is 0 Å². The Morgan fingerprint density at radius 2 is 1.57 bits per heavy atom. The van der Waals surface area contributed by atoms with Crippen molar-refractivity contribution in [1.29, 1.82) is 0 Å². The predicted molar refractivity (Wildman–Crippen MR) is 85.6 cm³/mol. The average Bonchev–Trinajstić information content (AvgIpc) is 2.53. The second-order valence-corrected chi connectivity index (χ2v) is 7.37. The molecule has 0 aliphatic rings. The Labute approximate surface area is 139 Å². The highest BCUT2D eigenvalue weighted by molar-refractivity contribution is 7.91. The minimum absolute atomic E-state index is 0.0125. The van der Waals surface area contributed by atoms with Gasteiger partial charge in [0.25, 0.3) is 0 Å². The summed E-state index contributed by atoms with van der Waals surface area (Å²) in [5, 5.41) is 9.25.